The summed E-state index contributed by atoms with van der Waals surface area (Å²) in [5, 5.41) is 3.25. The Bertz CT molecular complexity index is 799. The summed E-state index contributed by atoms with van der Waals surface area (Å²) in [5.74, 6) is 0.141. The second kappa shape index (κ2) is 6.98. The first-order valence-electron chi connectivity index (χ1n) is 7.26. The molecule has 1 amide bonds. The molecule has 1 aromatic carbocycles. The Labute approximate surface area is 143 Å². The Kier molecular flexibility index (Phi) is 4.79. The zero-order chi connectivity index (χ0) is 16.2. The van der Waals surface area contributed by atoms with Gasteiger partial charge in [-0.15, -0.1) is 11.3 Å². The Balaban J connectivity index is 1.91. The van der Waals surface area contributed by atoms with Gasteiger partial charge in [-0.05, 0) is 30.7 Å². The largest absolute Gasteiger partial charge is 0.459 e. The van der Waals surface area contributed by atoms with E-state index in [2.05, 4.69) is 4.98 Å². The number of thiazole rings is 1. The highest BCUT2D eigenvalue weighted by atomic mass is 35.5. The molecule has 0 fully saturated rings. The first-order valence-corrected chi connectivity index (χ1v) is 8.51. The normalized spacial score (nSPS) is 10.7. The molecule has 4 nitrogen and oxygen atoms in total. The first kappa shape index (κ1) is 15.8. The van der Waals surface area contributed by atoms with E-state index in [4.69, 9.17) is 16.0 Å². The number of nitrogens with zero attached hydrogens (tertiary/aromatic N) is 2. The van der Waals surface area contributed by atoms with Crippen LogP contribution in [0.2, 0.25) is 5.02 Å². The van der Waals surface area contributed by atoms with Crippen LogP contribution in [0.25, 0.3) is 11.3 Å². The summed E-state index contributed by atoms with van der Waals surface area (Å²) in [6.45, 7) is 2.61. The molecule has 0 unspecified atom stereocenters. The number of furan rings is 1. The maximum atomic E-state index is 12.6. The molecule has 0 saturated carbocycles. The van der Waals surface area contributed by atoms with Crippen molar-refractivity contribution >= 4 is 34.0 Å². The molecule has 6 heteroatoms. The predicted octanol–water partition coefficient (Wildman–Crippen LogP) is 5.11. The van der Waals surface area contributed by atoms with Crippen LogP contribution in [0.1, 0.15) is 23.9 Å². The highest BCUT2D eigenvalue weighted by molar-refractivity contribution is 7.14. The molecule has 0 aliphatic carbocycles. The van der Waals surface area contributed by atoms with Crippen LogP contribution in [0.4, 0.5) is 5.13 Å². The van der Waals surface area contributed by atoms with Crippen molar-refractivity contribution < 1.29 is 9.21 Å². The minimum atomic E-state index is -0.177. The van der Waals surface area contributed by atoms with Gasteiger partial charge in [-0.3, -0.25) is 9.69 Å². The van der Waals surface area contributed by atoms with Crippen LogP contribution in [-0.4, -0.2) is 17.4 Å². The maximum absolute atomic E-state index is 12.6. The second-order valence-electron chi connectivity index (χ2n) is 4.96. The van der Waals surface area contributed by atoms with Gasteiger partial charge in [0, 0.05) is 22.5 Å². The fraction of sp³-hybridized carbons (Fsp3) is 0.176. The van der Waals surface area contributed by atoms with E-state index >= 15 is 0 Å². The van der Waals surface area contributed by atoms with E-state index in [1.165, 1.54) is 17.6 Å². The average molecular weight is 347 g/mol. The minimum absolute atomic E-state index is 0.177. The van der Waals surface area contributed by atoms with Crippen molar-refractivity contribution in [3.05, 3.63) is 58.8 Å². The van der Waals surface area contributed by atoms with Crippen LogP contribution < -0.4 is 4.90 Å². The zero-order valence-corrected chi connectivity index (χ0v) is 14.1. The lowest BCUT2D eigenvalue weighted by molar-refractivity contribution is 0.0960. The van der Waals surface area contributed by atoms with Crippen molar-refractivity contribution in [2.45, 2.75) is 13.3 Å². The van der Waals surface area contributed by atoms with Crippen LogP contribution in [0.15, 0.2) is 52.5 Å². The number of halogens is 1. The highest BCUT2D eigenvalue weighted by Crippen LogP contribution is 2.29. The number of carbonyl (C=O) groups is 1. The molecule has 0 radical (unpaired) electrons. The highest BCUT2D eigenvalue weighted by Gasteiger charge is 2.22. The number of benzene rings is 1. The molecule has 2 heterocycles. The molecular formula is C17H15ClN2O2S. The summed E-state index contributed by atoms with van der Waals surface area (Å²) in [6.07, 6.45) is 2.33. The lowest BCUT2D eigenvalue weighted by Crippen LogP contribution is -2.31. The summed E-state index contributed by atoms with van der Waals surface area (Å²) < 4.78 is 5.22. The lowest BCUT2D eigenvalue weighted by atomic mass is 10.2. The van der Waals surface area contributed by atoms with E-state index in [9.17, 15) is 4.79 Å². The van der Waals surface area contributed by atoms with Gasteiger partial charge in [0.2, 0.25) is 0 Å². The number of amides is 1. The van der Waals surface area contributed by atoms with Gasteiger partial charge >= 0.3 is 0 Å². The molecule has 3 aromatic rings. The molecule has 0 saturated heterocycles. The van der Waals surface area contributed by atoms with E-state index in [0.29, 0.717) is 22.5 Å². The molecule has 0 N–H and O–H groups in total. The molecule has 0 atom stereocenters. The standard InChI is InChI=1S/C17H15ClN2O2S/c1-2-8-20(16(21)15-7-4-9-22-15)17-19-14(11-23-17)12-5-3-6-13(18)10-12/h3-7,9-11H,2,8H2,1H3. The van der Waals surface area contributed by atoms with E-state index < -0.39 is 0 Å². The van der Waals surface area contributed by atoms with Gasteiger partial charge in [-0.1, -0.05) is 30.7 Å². The van der Waals surface area contributed by atoms with E-state index in [1.54, 1.807) is 17.0 Å². The van der Waals surface area contributed by atoms with Crippen molar-refractivity contribution in [2.75, 3.05) is 11.4 Å². The molecule has 0 aliphatic heterocycles. The van der Waals surface area contributed by atoms with Crippen molar-refractivity contribution in [1.82, 2.24) is 4.98 Å². The van der Waals surface area contributed by atoms with Crippen LogP contribution in [-0.2, 0) is 0 Å². The Morgan fingerprint density at radius 3 is 2.91 bits per heavy atom. The number of carbonyl (C=O) groups excluding carboxylic acids is 1. The van der Waals surface area contributed by atoms with Gasteiger partial charge in [0.05, 0.1) is 12.0 Å². The lowest BCUT2D eigenvalue weighted by Gasteiger charge is -2.17. The molecular weight excluding hydrogens is 332 g/mol. The number of hydrogen-bond acceptors (Lipinski definition) is 4. The molecule has 3 rings (SSSR count). The molecule has 0 bridgehead atoms. The number of rotatable bonds is 5. The number of hydrogen-bond donors (Lipinski definition) is 0. The van der Waals surface area contributed by atoms with Crippen molar-refractivity contribution in [2.24, 2.45) is 0 Å². The van der Waals surface area contributed by atoms with Crippen LogP contribution in [0.5, 0.6) is 0 Å². The van der Waals surface area contributed by atoms with E-state index in [-0.39, 0.29) is 5.91 Å². The fourth-order valence-corrected chi connectivity index (χ4v) is 3.26. The monoisotopic (exact) mass is 346 g/mol. The summed E-state index contributed by atoms with van der Waals surface area (Å²) in [7, 11) is 0. The maximum Gasteiger partial charge on any atom is 0.295 e. The van der Waals surface area contributed by atoms with Gasteiger partial charge in [-0.2, -0.15) is 0 Å². The molecule has 23 heavy (non-hydrogen) atoms. The molecule has 0 aliphatic rings. The average Bonchev–Trinajstić information content (AvgIpc) is 3.23. The molecule has 0 spiro atoms. The summed E-state index contributed by atoms with van der Waals surface area (Å²) >= 11 is 7.46. The van der Waals surface area contributed by atoms with Gasteiger partial charge < -0.3 is 4.42 Å². The predicted molar refractivity (Wildman–Crippen MR) is 93.2 cm³/mol. The smallest absolute Gasteiger partial charge is 0.295 e. The third-order valence-electron chi connectivity index (χ3n) is 3.27. The summed E-state index contributed by atoms with van der Waals surface area (Å²) in [5.41, 5.74) is 1.74. The number of anilines is 1. The van der Waals surface area contributed by atoms with Gasteiger partial charge in [0.25, 0.3) is 5.91 Å². The number of aromatic nitrogens is 1. The Morgan fingerprint density at radius 1 is 1.35 bits per heavy atom. The van der Waals surface area contributed by atoms with Crippen LogP contribution in [0.3, 0.4) is 0 Å². The van der Waals surface area contributed by atoms with Gasteiger partial charge in [-0.25, -0.2) is 4.98 Å². The SMILES string of the molecule is CCCN(C(=O)c1ccco1)c1nc(-c2cccc(Cl)c2)cs1. The Hall–Kier alpha value is -2.11. The van der Waals surface area contributed by atoms with Crippen LogP contribution >= 0.6 is 22.9 Å². The van der Waals surface area contributed by atoms with Gasteiger partial charge in [0.1, 0.15) is 0 Å². The Morgan fingerprint density at radius 2 is 2.22 bits per heavy atom. The molecule has 118 valence electrons. The zero-order valence-electron chi connectivity index (χ0n) is 12.5. The third kappa shape index (κ3) is 3.46. The fourth-order valence-electron chi connectivity index (χ4n) is 2.21. The second-order valence-corrected chi connectivity index (χ2v) is 6.23. The van der Waals surface area contributed by atoms with Crippen molar-refractivity contribution in [3.63, 3.8) is 0 Å². The third-order valence-corrected chi connectivity index (χ3v) is 4.37. The minimum Gasteiger partial charge on any atom is -0.459 e. The summed E-state index contributed by atoms with van der Waals surface area (Å²) in [4.78, 5) is 18.8. The molecule has 2 aromatic heterocycles. The van der Waals surface area contributed by atoms with E-state index in [1.807, 2.05) is 36.6 Å². The van der Waals surface area contributed by atoms with Gasteiger partial charge in [0.15, 0.2) is 10.9 Å². The quantitative estimate of drug-likeness (QED) is 0.644. The summed E-state index contributed by atoms with van der Waals surface area (Å²) in [6, 6.07) is 10.9. The topological polar surface area (TPSA) is 46.3 Å². The van der Waals surface area contributed by atoms with E-state index in [0.717, 1.165) is 17.7 Å². The van der Waals surface area contributed by atoms with Crippen molar-refractivity contribution in [3.8, 4) is 11.3 Å². The van der Waals surface area contributed by atoms with Crippen LogP contribution in [0, 0.1) is 0 Å². The first-order chi connectivity index (χ1) is 11.2. The van der Waals surface area contributed by atoms with Crippen molar-refractivity contribution in [1.29, 1.82) is 0 Å².